The Bertz CT molecular complexity index is 970. The molecule has 32 heavy (non-hydrogen) atoms. The summed E-state index contributed by atoms with van der Waals surface area (Å²) >= 11 is 0. The maximum atomic E-state index is 14.2. The molecule has 1 aromatic carbocycles. The zero-order valence-electron chi connectivity index (χ0n) is 19.1. The summed E-state index contributed by atoms with van der Waals surface area (Å²) in [5, 5.41) is 3.33. The predicted octanol–water partition coefficient (Wildman–Crippen LogP) is 4.10. The molecule has 0 aromatic heterocycles. The molecule has 2 aliphatic rings. The Morgan fingerprint density at radius 3 is 2.69 bits per heavy atom. The van der Waals surface area contributed by atoms with Crippen molar-refractivity contribution in [3.63, 3.8) is 0 Å². The molecule has 0 saturated carbocycles. The predicted molar refractivity (Wildman–Crippen MR) is 120 cm³/mol. The van der Waals surface area contributed by atoms with E-state index in [-0.39, 0.29) is 29.8 Å². The third-order valence-corrected chi connectivity index (χ3v) is 6.31. The number of halogens is 2. The van der Waals surface area contributed by atoms with Gasteiger partial charge in [0.1, 0.15) is 11.6 Å². The highest BCUT2D eigenvalue weighted by molar-refractivity contribution is 5.96. The van der Waals surface area contributed by atoms with E-state index in [1.54, 1.807) is 22.9 Å². The van der Waals surface area contributed by atoms with Gasteiger partial charge in [-0.15, -0.1) is 0 Å². The summed E-state index contributed by atoms with van der Waals surface area (Å²) in [5.41, 5.74) is 1.84. The lowest BCUT2D eigenvalue weighted by Crippen LogP contribution is -2.39. The van der Waals surface area contributed by atoms with E-state index in [1.165, 1.54) is 19.1 Å². The van der Waals surface area contributed by atoms with Gasteiger partial charge in [-0.25, -0.2) is 8.78 Å². The van der Waals surface area contributed by atoms with Crippen molar-refractivity contribution in [2.45, 2.75) is 45.7 Å². The van der Waals surface area contributed by atoms with Crippen molar-refractivity contribution in [2.75, 3.05) is 20.1 Å². The molecule has 1 unspecified atom stereocenters. The van der Waals surface area contributed by atoms with Gasteiger partial charge < -0.3 is 15.1 Å². The van der Waals surface area contributed by atoms with Gasteiger partial charge in [0, 0.05) is 50.0 Å². The van der Waals surface area contributed by atoms with Crippen LogP contribution in [-0.2, 0) is 9.59 Å². The third kappa shape index (κ3) is 5.44. The van der Waals surface area contributed by atoms with Crippen LogP contribution in [0.1, 0.15) is 45.2 Å². The fraction of sp³-hybridized carbons (Fsp3) is 0.440. The summed E-state index contributed by atoms with van der Waals surface area (Å²) in [5.74, 6) is -1.12. The van der Waals surface area contributed by atoms with E-state index in [4.69, 9.17) is 0 Å². The lowest BCUT2D eigenvalue weighted by Gasteiger charge is -2.25. The van der Waals surface area contributed by atoms with Crippen molar-refractivity contribution < 1.29 is 18.4 Å². The first-order valence-electron chi connectivity index (χ1n) is 11.0. The summed E-state index contributed by atoms with van der Waals surface area (Å²) in [6, 6.07) is 3.26. The average Bonchev–Trinajstić information content (AvgIpc) is 3.22. The number of likely N-dealkylation sites (N-methyl/N-ethyl adjacent to an activating group) is 1. The second kappa shape index (κ2) is 10.1. The van der Waals surface area contributed by atoms with E-state index in [9.17, 15) is 18.4 Å². The van der Waals surface area contributed by atoms with Crippen LogP contribution in [0.2, 0.25) is 0 Å². The summed E-state index contributed by atoms with van der Waals surface area (Å²) in [6.07, 6.45) is 8.96. The second-order valence-corrected chi connectivity index (χ2v) is 8.64. The number of likely N-dealkylation sites (tertiary alicyclic amines) is 1. The number of allylic oxidation sites excluding steroid dienone is 4. The minimum Gasteiger partial charge on any atom is -0.381 e. The average molecular weight is 444 g/mol. The van der Waals surface area contributed by atoms with E-state index in [0.29, 0.717) is 24.2 Å². The van der Waals surface area contributed by atoms with Crippen molar-refractivity contribution in [2.24, 2.45) is 5.92 Å². The van der Waals surface area contributed by atoms with Crippen LogP contribution in [0.5, 0.6) is 0 Å². The maximum Gasteiger partial charge on any atom is 0.253 e. The van der Waals surface area contributed by atoms with Crippen LogP contribution in [0.4, 0.5) is 8.78 Å². The Kier molecular flexibility index (Phi) is 7.48. The quantitative estimate of drug-likeness (QED) is 0.746. The first kappa shape index (κ1) is 23.7. The van der Waals surface area contributed by atoms with E-state index in [1.807, 2.05) is 25.2 Å². The summed E-state index contributed by atoms with van der Waals surface area (Å²) in [7, 11) is 1.77. The number of benzene rings is 1. The number of carbonyl (C=O) groups is 2. The van der Waals surface area contributed by atoms with Gasteiger partial charge in [-0.3, -0.25) is 9.59 Å². The summed E-state index contributed by atoms with van der Waals surface area (Å²) in [6.45, 7) is 6.54. The van der Waals surface area contributed by atoms with Crippen LogP contribution in [0.3, 0.4) is 0 Å². The molecule has 5 nitrogen and oxygen atoms in total. The fourth-order valence-electron chi connectivity index (χ4n) is 4.12. The van der Waals surface area contributed by atoms with Crippen LogP contribution in [0, 0.1) is 17.6 Å². The molecule has 2 amide bonds. The van der Waals surface area contributed by atoms with Gasteiger partial charge in [0.05, 0.1) is 12.1 Å². The van der Waals surface area contributed by atoms with E-state index in [0.717, 1.165) is 24.6 Å². The molecule has 1 aliphatic carbocycles. The zero-order valence-corrected chi connectivity index (χ0v) is 19.1. The topological polar surface area (TPSA) is 52.7 Å². The van der Waals surface area contributed by atoms with Crippen LogP contribution in [0.15, 0.2) is 53.8 Å². The number of nitrogens with one attached hydrogen (secondary N) is 1. The van der Waals surface area contributed by atoms with Gasteiger partial charge in [0.15, 0.2) is 0 Å². The molecule has 7 heteroatoms. The Hall–Kier alpha value is -2.96. The number of amides is 2. The zero-order chi connectivity index (χ0) is 23.4. The monoisotopic (exact) mass is 443 g/mol. The van der Waals surface area contributed by atoms with E-state index < -0.39 is 11.6 Å². The van der Waals surface area contributed by atoms with Gasteiger partial charge >= 0.3 is 0 Å². The normalized spacial score (nSPS) is 26.1. The molecule has 3 rings (SSSR count). The lowest BCUT2D eigenvalue weighted by atomic mass is 9.97. The van der Waals surface area contributed by atoms with E-state index >= 15 is 0 Å². The number of hydrogen-bond donors (Lipinski definition) is 1. The largest absolute Gasteiger partial charge is 0.381 e. The van der Waals surface area contributed by atoms with Gasteiger partial charge in [0.25, 0.3) is 5.91 Å². The first-order valence-corrected chi connectivity index (χ1v) is 11.0. The number of carbonyl (C=O) groups excluding carboxylic acids is 2. The van der Waals surface area contributed by atoms with Crippen LogP contribution >= 0.6 is 0 Å². The first-order chi connectivity index (χ1) is 15.2. The van der Waals surface area contributed by atoms with E-state index in [2.05, 4.69) is 12.2 Å². The third-order valence-electron chi connectivity index (χ3n) is 6.31. The van der Waals surface area contributed by atoms with Crippen molar-refractivity contribution in [3.8, 4) is 0 Å². The molecule has 1 aliphatic heterocycles. The molecule has 3 atom stereocenters. The van der Waals surface area contributed by atoms with Crippen LogP contribution in [-0.4, -0.2) is 47.8 Å². The van der Waals surface area contributed by atoms with Gasteiger partial charge in [-0.05, 0) is 43.9 Å². The summed E-state index contributed by atoms with van der Waals surface area (Å²) < 4.78 is 27.4. The molecule has 0 bridgehead atoms. The van der Waals surface area contributed by atoms with Crippen LogP contribution in [0.25, 0.3) is 0 Å². The van der Waals surface area contributed by atoms with Crippen molar-refractivity contribution >= 4 is 11.8 Å². The highest BCUT2D eigenvalue weighted by atomic mass is 19.1. The fourth-order valence-corrected chi connectivity index (χ4v) is 4.12. The molecule has 1 fully saturated rings. The highest BCUT2D eigenvalue weighted by Gasteiger charge is 2.30. The van der Waals surface area contributed by atoms with Crippen molar-refractivity contribution in [3.05, 3.63) is 71.0 Å². The minimum absolute atomic E-state index is 0.00582. The Labute approximate surface area is 188 Å². The van der Waals surface area contributed by atoms with Crippen molar-refractivity contribution in [1.82, 2.24) is 15.1 Å². The Morgan fingerprint density at radius 1 is 1.25 bits per heavy atom. The molecule has 1 aromatic rings. The number of hydrogen-bond acceptors (Lipinski definition) is 3. The van der Waals surface area contributed by atoms with Gasteiger partial charge in [-0.1, -0.05) is 25.1 Å². The molecular weight excluding hydrogens is 412 g/mol. The SMILES string of the molecule is CC(=O)N(C)[C@H]1CCN(C(=O)C2=C/C=C(/N[C@@H](C)c3ccc(F)cc3F)C(C)C\C=C\2)C1. The van der Waals surface area contributed by atoms with Crippen molar-refractivity contribution in [1.29, 1.82) is 0 Å². The van der Waals surface area contributed by atoms with Crippen LogP contribution < -0.4 is 5.32 Å². The summed E-state index contributed by atoms with van der Waals surface area (Å²) in [4.78, 5) is 28.2. The highest BCUT2D eigenvalue weighted by Crippen LogP contribution is 2.25. The lowest BCUT2D eigenvalue weighted by molar-refractivity contribution is -0.130. The number of nitrogens with zero attached hydrogens (tertiary/aromatic N) is 2. The molecule has 1 N–H and O–H groups in total. The minimum atomic E-state index is -0.605. The van der Waals surface area contributed by atoms with Gasteiger partial charge in [-0.2, -0.15) is 0 Å². The smallest absolute Gasteiger partial charge is 0.253 e. The molecule has 172 valence electrons. The van der Waals surface area contributed by atoms with Gasteiger partial charge in [0.2, 0.25) is 5.91 Å². The molecular formula is C25H31F2N3O2. The Balaban J connectivity index is 1.74. The Morgan fingerprint density at radius 2 is 2.00 bits per heavy atom. The molecule has 1 heterocycles. The molecule has 0 radical (unpaired) electrons. The maximum absolute atomic E-state index is 14.2. The molecule has 0 spiro atoms. The standard InChI is InChI=1S/C25H31F2N3O2/c1-16-6-5-7-19(25(32)30-13-12-21(15-30)29(4)18(3)31)8-11-24(16)28-17(2)22-10-9-20(26)14-23(22)27/h5,7-11,14,16-17,21,28H,6,12-13,15H2,1-4H3/b7-5+,19-8+,24-11+/t16?,17-,21-/m0/s1. The molecule has 1 saturated heterocycles. The number of rotatable bonds is 5. The second-order valence-electron chi connectivity index (χ2n) is 8.64.